The average molecular weight is 658 g/mol. The van der Waals surface area contributed by atoms with Crippen molar-refractivity contribution in [1.82, 2.24) is 0 Å². The number of nitrogens with zero attached hydrogens (tertiary/aromatic N) is 3. The summed E-state index contributed by atoms with van der Waals surface area (Å²) in [7, 11) is 6.20. The predicted octanol–water partition coefficient (Wildman–Crippen LogP) is -5.14. The third-order valence-corrected chi connectivity index (χ3v) is 5.89. The molecule has 0 saturated carbocycles. The molecular weight excluding hydrogens is 613 g/mol. The van der Waals surface area contributed by atoms with E-state index in [0.29, 0.717) is 22.1 Å². The van der Waals surface area contributed by atoms with Crippen molar-refractivity contribution in [2.24, 2.45) is 0 Å². The molecule has 1 aliphatic rings. The number of ether oxygens (including phenoxy) is 1. The van der Waals surface area contributed by atoms with Crippen LogP contribution in [-0.2, 0) is 23.4 Å². The summed E-state index contributed by atoms with van der Waals surface area (Å²) in [6.45, 7) is 0.165. The maximum atomic E-state index is 10.8. The highest BCUT2D eigenvalue weighted by Gasteiger charge is 2.48. The van der Waals surface area contributed by atoms with Crippen molar-refractivity contribution >= 4 is 25.7 Å². The number of phosphoric ester groups is 1. The number of hydrogen-bond acceptors (Lipinski definition) is 13. The smallest absolute Gasteiger partial charge is 0.306 e. The van der Waals surface area contributed by atoms with Crippen LogP contribution in [0.5, 0.6) is 0 Å². The van der Waals surface area contributed by atoms with Gasteiger partial charge in [-0.1, -0.05) is 0 Å². The fourth-order valence-corrected chi connectivity index (χ4v) is 4.18. The summed E-state index contributed by atoms with van der Waals surface area (Å²) < 4.78 is 22.0. The second-order valence-electron chi connectivity index (χ2n) is 12.1. The number of carbonyl (C=O) groups excluding carboxylic acids is 1. The number of carbonyl (C=O) groups is 3. The number of likely N-dealkylation sites (N-methyl/N-ethyl adjacent to an activating group) is 2. The SMILES string of the molecule is C[N+](C)(C)CC(O)CC(=O)O.C[N+](C)(C)CC(O)CC(=O)O.O=C([O-])c1ccc[n+]([C@@H]2O[C@H](COP(=O)([O-])[O-])[C@@H](O)[C@H]2O)c1. The van der Waals surface area contributed by atoms with Crippen molar-refractivity contribution in [3.05, 3.63) is 30.1 Å². The van der Waals surface area contributed by atoms with Crippen LogP contribution in [0.1, 0.15) is 29.4 Å². The number of aliphatic hydroxyl groups is 4. The molecular formula is C25H44N3O15P. The molecule has 1 aromatic rings. The lowest BCUT2D eigenvalue weighted by molar-refractivity contribution is -0.873. The Kier molecular flexibility index (Phi) is 16.7. The highest BCUT2D eigenvalue weighted by atomic mass is 31.2. The van der Waals surface area contributed by atoms with Crippen LogP contribution in [-0.4, -0.2) is 150 Å². The van der Waals surface area contributed by atoms with Gasteiger partial charge in [0.25, 0.3) is 6.23 Å². The van der Waals surface area contributed by atoms with Crippen LogP contribution in [0.2, 0.25) is 0 Å². The van der Waals surface area contributed by atoms with Crippen molar-refractivity contribution in [2.45, 2.75) is 49.6 Å². The Balaban J connectivity index is 0.000000710. The minimum absolute atomic E-state index is 0.171. The van der Waals surface area contributed by atoms with E-state index in [1.54, 1.807) is 0 Å². The normalized spacial score (nSPS) is 21.6. The number of aromatic carboxylic acids is 1. The van der Waals surface area contributed by atoms with E-state index in [1.165, 1.54) is 22.9 Å². The van der Waals surface area contributed by atoms with E-state index in [9.17, 15) is 44.1 Å². The van der Waals surface area contributed by atoms with E-state index < -0.39 is 69.1 Å². The molecule has 1 saturated heterocycles. The molecule has 18 nitrogen and oxygen atoms in total. The highest BCUT2D eigenvalue weighted by Crippen LogP contribution is 2.30. The average Bonchev–Trinajstić information content (AvgIpc) is 3.08. The van der Waals surface area contributed by atoms with E-state index >= 15 is 0 Å². The number of carboxylic acid groups (broad SMARTS) is 3. The van der Waals surface area contributed by atoms with Gasteiger partial charge in [-0.15, -0.1) is 0 Å². The van der Waals surface area contributed by atoms with Crippen LogP contribution in [0.3, 0.4) is 0 Å². The molecule has 6 N–H and O–H groups in total. The summed E-state index contributed by atoms with van der Waals surface area (Å²) in [4.78, 5) is 51.9. The number of aliphatic hydroxyl groups excluding tert-OH is 4. The molecule has 0 aliphatic carbocycles. The van der Waals surface area contributed by atoms with Crippen LogP contribution in [0.15, 0.2) is 24.5 Å². The molecule has 0 spiro atoms. The van der Waals surface area contributed by atoms with Crippen molar-refractivity contribution < 1.29 is 87.3 Å². The molecule has 0 radical (unpaired) electrons. The van der Waals surface area contributed by atoms with Crippen LogP contribution < -0.4 is 19.5 Å². The number of quaternary nitrogens is 2. The van der Waals surface area contributed by atoms with Gasteiger partial charge in [-0.2, -0.15) is 4.57 Å². The minimum Gasteiger partial charge on any atom is -0.790 e. The number of pyridine rings is 1. The molecule has 2 rings (SSSR count). The Morgan fingerprint density at radius 1 is 0.955 bits per heavy atom. The van der Waals surface area contributed by atoms with E-state index in [0.717, 1.165) is 6.20 Å². The van der Waals surface area contributed by atoms with Gasteiger partial charge >= 0.3 is 11.9 Å². The summed E-state index contributed by atoms with van der Waals surface area (Å²) in [5.74, 6) is -3.35. The summed E-state index contributed by atoms with van der Waals surface area (Å²) in [6, 6.07) is 2.62. The van der Waals surface area contributed by atoms with Gasteiger partial charge in [0.1, 0.15) is 37.5 Å². The van der Waals surface area contributed by atoms with Gasteiger partial charge in [-0.3, -0.25) is 9.59 Å². The molecule has 2 unspecified atom stereocenters. The summed E-state index contributed by atoms with van der Waals surface area (Å²) >= 11 is 0. The minimum atomic E-state index is -5.24. The second-order valence-corrected chi connectivity index (χ2v) is 13.2. The zero-order chi connectivity index (χ0) is 34.6. The van der Waals surface area contributed by atoms with E-state index in [4.69, 9.17) is 25.2 Å². The largest absolute Gasteiger partial charge is 0.790 e. The maximum Gasteiger partial charge on any atom is 0.306 e. The lowest BCUT2D eigenvalue weighted by Crippen LogP contribution is -2.46. The fraction of sp³-hybridized carbons (Fsp3) is 0.680. The van der Waals surface area contributed by atoms with Crippen LogP contribution in [0, 0.1) is 0 Å². The summed E-state index contributed by atoms with van der Waals surface area (Å²) in [5, 5.41) is 65.4. The Hall–Kier alpha value is -2.61. The molecule has 2 heterocycles. The zero-order valence-electron chi connectivity index (χ0n) is 25.5. The topological polar surface area (TPSA) is 281 Å². The third-order valence-electron chi connectivity index (χ3n) is 5.42. The lowest BCUT2D eigenvalue weighted by atomic mass is 10.1. The number of aliphatic carboxylic acids is 2. The zero-order valence-corrected chi connectivity index (χ0v) is 26.3. The lowest BCUT2D eigenvalue weighted by Gasteiger charge is -2.30. The first-order valence-corrected chi connectivity index (χ1v) is 14.6. The van der Waals surface area contributed by atoms with Crippen LogP contribution in [0.4, 0.5) is 0 Å². The number of aromatic nitrogens is 1. The van der Waals surface area contributed by atoms with Crippen LogP contribution >= 0.6 is 7.82 Å². The molecule has 1 aromatic heterocycles. The van der Waals surface area contributed by atoms with Gasteiger partial charge in [0.15, 0.2) is 18.5 Å². The van der Waals surface area contributed by atoms with E-state index in [1.807, 2.05) is 42.3 Å². The molecule has 0 aromatic carbocycles. The van der Waals surface area contributed by atoms with Gasteiger partial charge in [0.2, 0.25) is 0 Å². The Labute approximate surface area is 255 Å². The Morgan fingerprint density at radius 3 is 1.77 bits per heavy atom. The third kappa shape index (κ3) is 18.9. The Morgan fingerprint density at radius 2 is 1.41 bits per heavy atom. The molecule has 0 amide bonds. The number of phosphoric acid groups is 1. The highest BCUT2D eigenvalue weighted by molar-refractivity contribution is 7.43. The van der Waals surface area contributed by atoms with Gasteiger partial charge in [-0.05, 0) is 6.07 Å². The molecule has 1 fully saturated rings. The van der Waals surface area contributed by atoms with Gasteiger partial charge in [0, 0.05) is 6.07 Å². The number of rotatable bonds is 13. The van der Waals surface area contributed by atoms with Crippen molar-refractivity contribution in [3.63, 3.8) is 0 Å². The monoisotopic (exact) mass is 657 g/mol. The first-order chi connectivity index (χ1) is 19.8. The van der Waals surface area contributed by atoms with Crippen molar-refractivity contribution in [3.8, 4) is 0 Å². The Bertz CT molecular complexity index is 1080. The number of carboxylic acids is 3. The second kappa shape index (κ2) is 17.8. The molecule has 254 valence electrons. The van der Waals surface area contributed by atoms with Gasteiger partial charge in [0.05, 0.1) is 81.1 Å². The molecule has 19 heteroatoms. The molecule has 0 bridgehead atoms. The summed E-state index contributed by atoms with van der Waals surface area (Å²) in [5.41, 5.74) is -0.184. The van der Waals surface area contributed by atoms with E-state index in [-0.39, 0.29) is 18.4 Å². The molecule has 1 aliphatic heterocycles. The fourth-order valence-electron chi connectivity index (χ4n) is 3.85. The van der Waals surface area contributed by atoms with E-state index in [2.05, 4.69) is 4.52 Å². The first-order valence-electron chi connectivity index (χ1n) is 13.1. The van der Waals surface area contributed by atoms with Gasteiger partial charge in [-0.25, -0.2) is 0 Å². The van der Waals surface area contributed by atoms with Crippen molar-refractivity contribution in [2.75, 3.05) is 62.0 Å². The predicted molar refractivity (Wildman–Crippen MR) is 143 cm³/mol. The summed E-state index contributed by atoms with van der Waals surface area (Å²) in [6.07, 6.45) is -4.78. The molecule has 6 atom stereocenters. The quantitative estimate of drug-likeness (QED) is 0.0657. The standard InChI is InChI=1S/C11H14NO9P.2C7H15NO3/c13-8-7(5-20-22(17,18)19)21-10(9(8)14)12-3-1-2-6(4-12)11(15)16;2*1-8(2,3)5-6(9)4-7(10)11/h1-4,7-10,13-14H,5H2,(H2-,15,16,17,18,19);2*6,9H,4-5H2,1-3H3/t7-,8-,9-,10-;;/m1../s1. The first kappa shape index (κ1) is 41.4. The van der Waals surface area contributed by atoms with Crippen LogP contribution in [0.25, 0.3) is 0 Å². The number of hydrogen-bond donors (Lipinski definition) is 6. The van der Waals surface area contributed by atoms with Crippen molar-refractivity contribution in [1.29, 1.82) is 0 Å². The van der Waals surface area contributed by atoms with Gasteiger partial charge < -0.3 is 73.1 Å². The maximum absolute atomic E-state index is 10.8. The molecule has 44 heavy (non-hydrogen) atoms.